The first kappa shape index (κ1) is 15.0. The van der Waals surface area contributed by atoms with Gasteiger partial charge in [0.2, 0.25) is 0 Å². The van der Waals surface area contributed by atoms with Gasteiger partial charge in [-0.3, -0.25) is 14.4 Å². The fourth-order valence-corrected chi connectivity index (χ4v) is 3.37. The Bertz CT molecular complexity index is 683. The number of carbonyl (C=O) groups is 1. The molecule has 1 unspecified atom stereocenters. The van der Waals surface area contributed by atoms with Crippen LogP contribution in [0.3, 0.4) is 0 Å². The van der Waals surface area contributed by atoms with Gasteiger partial charge in [0.25, 0.3) is 0 Å². The van der Waals surface area contributed by atoms with Crippen molar-refractivity contribution in [2.45, 2.75) is 32.7 Å². The van der Waals surface area contributed by atoms with Gasteiger partial charge in [0, 0.05) is 25.6 Å². The lowest BCUT2D eigenvalue weighted by molar-refractivity contribution is 0.100. The lowest BCUT2D eigenvalue weighted by atomic mass is 9.99. The van der Waals surface area contributed by atoms with Crippen molar-refractivity contribution >= 4 is 5.78 Å². The molecule has 0 saturated carbocycles. The Morgan fingerprint density at radius 1 is 1.27 bits per heavy atom. The van der Waals surface area contributed by atoms with Crippen LogP contribution in [-0.4, -0.2) is 33.6 Å². The number of aryl methyl sites for hydroxylation is 1. The second kappa shape index (κ2) is 6.05. The molecule has 0 bridgehead atoms. The van der Waals surface area contributed by atoms with Gasteiger partial charge in [-0.15, -0.1) is 0 Å². The fourth-order valence-electron chi connectivity index (χ4n) is 3.37. The number of carbonyl (C=O) groups excluding carboxylic acids is 1. The van der Waals surface area contributed by atoms with Crippen molar-refractivity contribution in [1.29, 1.82) is 0 Å². The van der Waals surface area contributed by atoms with E-state index in [4.69, 9.17) is 0 Å². The molecule has 1 saturated heterocycles. The van der Waals surface area contributed by atoms with E-state index in [2.05, 4.69) is 41.2 Å². The molecule has 116 valence electrons. The lowest BCUT2D eigenvalue weighted by Crippen LogP contribution is -2.23. The number of likely N-dealkylation sites (tertiary alicyclic amines) is 1. The Balaban J connectivity index is 1.96. The number of nitrogens with zero attached hydrogens (tertiary/aromatic N) is 3. The molecule has 0 amide bonds. The molecule has 4 nitrogen and oxygen atoms in total. The van der Waals surface area contributed by atoms with Crippen molar-refractivity contribution < 1.29 is 4.79 Å². The summed E-state index contributed by atoms with van der Waals surface area (Å²) in [6.45, 7) is 6.21. The molecule has 3 rings (SSSR count). The third kappa shape index (κ3) is 2.71. The van der Waals surface area contributed by atoms with Crippen LogP contribution in [0.5, 0.6) is 0 Å². The summed E-state index contributed by atoms with van der Waals surface area (Å²) in [5.41, 5.74) is 3.97. The summed E-state index contributed by atoms with van der Waals surface area (Å²) >= 11 is 0. The van der Waals surface area contributed by atoms with E-state index in [1.807, 2.05) is 7.05 Å². The zero-order valence-electron chi connectivity index (χ0n) is 13.5. The van der Waals surface area contributed by atoms with Crippen molar-refractivity contribution in [3.8, 4) is 11.1 Å². The van der Waals surface area contributed by atoms with Gasteiger partial charge in [-0.25, -0.2) is 0 Å². The van der Waals surface area contributed by atoms with Gasteiger partial charge >= 0.3 is 0 Å². The van der Waals surface area contributed by atoms with E-state index < -0.39 is 0 Å². The highest BCUT2D eigenvalue weighted by Gasteiger charge is 2.20. The zero-order chi connectivity index (χ0) is 15.7. The van der Waals surface area contributed by atoms with Gasteiger partial charge in [-0.2, -0.15) is 5.10 Å². The molecule has 1 aromatic carbocycles. The number of ketones is 1. The van der Waals surface area contributed by atoms with Gasteiger partial charge in [0.1, 0.15) is 5.69 Å². The molecule has 22 heavy (non-hydrogen) atoms. The Morgan fingerprint density at radius 2 is 2.00 bits per heavy atom. The monoisotopic (exact) mass is 297 g/mol. The Labute approximate surface area is 131 Å². The van der Waals surface area contributed by atoms with Crippen LogP contribution in [0.15, 0.2) is 30.5 Å². The van der Waals surface area contributed by atoms with Crippen molar-refractivity contribution in [1.82, 2.24) is 14.7 Å². The van der Waals surface area contributed by atoms with Crippen LogP contribution in [0.4, 0.5) is 0 Å². The first-order valence-electron chi connectivity index (χ1n) is 7.95. The minimum atomic E-state index is 0.0491. The van der Waals surface area contributed by atoms with E-state index in [1.54, 1.807) is 17.8 Å². The normalized spacial score (nSPS) is 16.9. The number of rotatable bonds is 4. The largest absolute Gasteiger partial charge is 0.297 e. The van der Waals surface area contributed by atoms with Gasteiger partial charge < -0.3 is 0 Å². The molecule has 0 aliphatic carbocycles. The average Bonchev–Trinajstić information content (AvgIpc) is 3.15. The first-order valence-corrected chi connectivity index (χ1v) is 7.95. The maximum absolute atomic E-state index is 11.9. The highest BCUT2D eigenvalue weighted by Crippen LogP contribution is 2.29. The van der Waals surface area contributed by atoms with Crippen molar-refractivity contribution in [2.75, 3.05) is 13.1 Å². The molecule has 1 aliphatic rings. The SMILES string of the molecule is CC(=O)c1c(-c2cccc(C(C)N3CCCC3)c2)cnn1C. The molecular weight excluding hydrogens is 274 g/mol. The predicted molar refractivity (Wildman–Crippen MR) is 87.9 cm³/mol. The predicted octanol–water partition coefficient (Wildman–Crippen LogP) is 3.45. The van der Waals surface area contributed by atoms with E-state index in [-0.39, 0.29) is 5.78 Å². The Kier molecular flexibility index (Phi) is 4.12. The number of hydrogen-bond donors (Lipinski definition) is 0. The van der Waals surface area contributed by atoms with Crippen molar-refractivity contribution in [3.05, 3.63) is 41.7 Å². The van der Waals surface area contributed by atoms with Crippen LogP contribution in [0.25, 0.3) is 11.1 Å². The minimum Gasteiger partial charge on any atom is -0.297 e. The maximum atomic E-state index is 11.9. The van der Waals surface area contributed by atoms with Gasteiger partial charge in [0.15, 0.2) is 5.78 Å². The molecular formula is C18H23N3O. The summed E-state index contributed by atoms with van der Waals surface area (Å²) < 4.78 is 1.66. The van der Waals surface area contributed by atoms with Crippen LogP contribution < -0.4 is 0 Å². The number of hydrogen-bond acceptors (Lipinski definition) is 3. The molecule has 0 spiro atoms. The molecule has 0 radical (unpaired) electrons. The van der Waals surface area contributed by atoms with E-state index >= 15 is 0 Å². The highest BCUT2D eigenvalue weighted by molar-refractivity contribution is 5.99. The number of benzene rings is 1. The molecule has 1 aromatic heterocycles. The number of Topliss-reactive ketones (excluding diaryl/α,β-unsaturated/α-hetero) is 1. The third-order valence-electron chi connectivity index (χ3n) is 4.64. The average molecular weight is 297 g/mol. The molecule has 4 heteroatoms. The van der Waals surface area contributed by atoms with E-state index in [9.17, 15) is 4.79 Å². The minimum absolute atomic E-state index is 0.0491. The Hall–Kier alpha value is -1.94. The smallest absolute Gasteiger partial charge is 0.178 e. The molecule has 2 heterocycles. The van der Waals surface area contributed by atoms with Gasteiger partial charge in [0.05, 0.1) is 6.20 Å². The summed E-state index contributed by atoms with van der Waals surface area (Å²) in [5.74, 6) is 0.0491. The summed E-state index contributed by atoms with van der Waals surface area (Å²) in [4.78, 5) is 14.4. The maximum Gasteiger partial charge on any atom is 0.178 e. The highest BCUT2D eigenvalue weighted by atomic mass is 16.1. The summed E-state index contributed by atoms with van der Waals surface area (Å²) in [5, 5.41) is 4.25. The second-order valence-corrected chi connectivity index (χ2v) is 6.13. The summed E-state index contributed by atoms with van der Waals surface area (Å²) in [6, 6.07) is 8.93. The van der Waals surface area contributed by atoms with Crippen LogP contribution in [0.2, 0.25) is 0 Å². The van der Waals surface area contributed by atoms with Crippen LogP contribution in [0, 0.1) is 0 Å². The molecule has 1 aliphatic heterocycles. The van der Waals surface area contributed by atoms with E-state index in [0.29, 0.717) is 11.7 Å². The zero-order valence-corrected chi connectivity index (χ0v) is 13.5. The van der Waals surface area contributed by atoms with E-state index in [0.717, 1.165) is 11.1 Å². The standard InChI is InChI=1S/C18H23N3O/c1-13(21-9-4-5-10-21)15-7-6-8-16(11-15)17-12-19-20(3)18(17)14(2)22/h6-8,11-13H,4-5,9-10H2,1-3H3. The second-order valence-electron chi connectivity index (χ2n) is 6.13. The van der Waals surface area contributed by atoms with E-state index in [1.165, 1.54) is 31.5 Å². The van der Waals surface area contributed by atoms with Crippen LogP contribution in [0.1, 0.15) is 48.8 Å². The third-order valence-corrected chi connectivity index (χ3v) is 4.64. The molecule has 0 N–H and O–H groups in total. The van der Waals surface area contributed by atoms with Gasteiger partial charge in [-0.1, -0.05) is 18.2 Å². The lowest BCUT2D eigenvalue weighted by Gasteiger charge is -2.24. The number of aromatic nitrogens is 2. The Morgan fingerprint density at radius 3 is 2.68 bits per heavy atom. The van der Waals surface area contributed by atoms with Crippen molar-refractivity contribution in [2.24, 2.45) is 7.05 Å². The van der Waals surface area contributed by atoms with Crippen molar-refractivity contribution in [3.63, 3.8) is 0 Å². The molecule has 2 aromatic rings. The molecule has 1 atom stereocenters. The quantitative estimate of drug-likeness (QED) is 0.811. The topological polar surface area (TPSA) is 38.1 Å². The fraction of sp³-hybridized carbons (Fsp3) is 0.444. The molecule has 1 fully saturated rings. The van der Waals surface area contributed by atoms with Crippen LogP contribution in [-0.2, 0) is 7.05 Å². The van der Waals surface area contributed by atoms with Gasteiger partial charge in [-0.05, 0) is 50.0 Å². The summed E-state index contributed by atoms with van der Waals surface area (Å²) in [6.07, 6.45) is 4.37. The van der Waals surface area contributed by atoms with Crippen LogP contribution >= 0.6 is 0 Å². The summed E-state index contributed by atoms with van der Waals surface area (Å²) in [7, 11) is 1.82. The first-order chi connectivity index (χ1) is 10.6.